The second-order valence-electron chi connectivity index (χ2n) is 8.96. The standard InChI is InChI=1S/C17H29N3.C12H11N3/c1-3-4-5-6-7-8-9-10-11-12-17-19-13-14-20(17)16(2)15-18;1-10(9-13)15-8-7-14-12(15)11-5-3-2-4-6-11/h13-14,16H,3-12H2,1-2H3;2-8,10H,1H3. The molecule has 0 saturated carbocycles. The number of nitriles is 2. The summed E-state index contributed by atoms with van der Waals surface area (Å²) in [4.78, 5) is 8.63. The fourth-order valence-electron chi connectivity index (χ4n) is 4.04. The zero-order valence-electron chi connectivity index (χ0n) is 21.6. The van der Waals surface area contributed by atoms with E-state index in [1.165, 1.54) is 57.8 Å². The molecule has 0 radical (unpaired) electrons. The van der Waals surface area contributed by atoms with Gasteiger partial charge in [0.15, 0.2) is 0 Å². The van der Waals surface area contributed by atoms with Crippen LogP contribution < -0.4 is 0 Å². The number of unbranched alkanes of at least 4 members (excludes halogenated alkanes) is 8. The largest absolute Gasteiger partial charge is 0.319 e. The van der Waals surface area contributed by atoms with Crippen LogP contribution in [0, 0.1) is 22.7 Å². The van der Waals surface area contributed by atoms with E-state index in [0.29, 0.717) is 0 Å². The third-order valence-corrected chi connectivity index (χ3v) is 6.16. The third kappa shape index (κ3) is 9.41. The lowest BCUT2D eigenvalue weighted by Gasteiger charge is -2.09. The van der Waals surface area contributed by atoms with Crippen molar-refractivity contribution in [3.63, 3.8) is 0 Å². The molecule has 0 bridgehead atoms. The first-order chi connectivity index (χ1) is 17.1. The van der Waals surface area contributed by atoms with Gasteiger partial charge < -0.3 is 9.13 Å². The van der Waals surface area contributed by atoms with Crippen LogP contribution in [0.5, 0.6) is 0 Å². The van der Waals surface area contributed by atoms with Crippen molar-refractivity contribution in [1.29, 1.82) is 10.5 Å². The number of benzene rings is 1. The summed E-state index contributed by atoms with van der Waals surface area (Å²) in [5.41, 5.74) is 1.03. The number of imidazole rings is 2. The molecule has 0 saturated heterocycles. The van der Waals surface area contributed by atoms with Gasteiger partial charge in [-0.15, -0.1) is 0 Å². The summed E-state index contributed by atoms with van der Waals surface area (Å²) >= 11 is 0. The Bertz CT molecular complexity index is 1040. The van der Waals surface area contributed by atoms with Gasteiger partial charge in [0.05, 0.1) is 12.1 Å². The second-order valence-corrected chi connectivity index (χ2v) is 8.96. The highest BCUT2D eigenvalue weighted by Crippen LogP contribution is 2.20. The van der Waals surface area contributed by atoms with E-state index in [4.69, 9.17) is 10.5 Å². The predicted molar refractivity (Wildman–Crippen MR) is 141 cm³/mol. The molecule has 0 spiro atoms. The van der Waals surface area contributed by atoms with Gasteiger partial charge in [0.1, 0.15) is 23.7 Å². The molecule has 0 aliphatic heterocycles. The molecule has 35 heavy (non-hydrogen) atoms. The van der Waals surface area contributed by atoms with Crippen molar-refractivity contribution in [3.05, 3.63) is 60.9 Å². The lowest BCUT2D eigenvalue weighted by molar-refractivity contribution is 0.552. The van der Waals surface area contributed by atoms with Crippen molar-refractivity contribution in [1.82, 2.24) is 19.1 Å². The summed E-state index contributed by atoms with van der Waals surface area (Å²) < 4.78 is 3.86. The lowest BCUT2D eigenvalue weighted by atomic mass is 10.1. The van der Waals surface area contributed by atoms with Crippen molar-refractivity contribution in [3.8, 4) is 23.5 Å². The maximum absolute atomic E-state index is 8.96. The maximum atomic E-state index is 8.96. The molecule has 0 aliphatic rings. The van der Waals surface area contributed by atoms with Crippen LogP contribution in [0.1, 0.15) is 96.5 Å². The van der Waals surface area contributed by atoms with E-state index >= 15 is 0 Å². The summed E-state index contributed by atoms with van der Waals surface area (Å²) in [5.74, 6) is 1.90. The van der Waals surface area contributed by atoms with Gasteiger partial charge in [-0.2, -0.15) is 10.5 Å². The number of aryl methyl sites for hydroxylation is 1. The molecule has 0 fully saturated rings. The Balaban J connectivity index is 0.000000256. The Morgan fingerprint density at radius 3 is 1.91 bits per heavy atom. The quantitative estimate of drug-likeness (QED) is 0.239. The van der Waals surface area contributed by atoms with Crippen molar-refractivity contribution < 1.29 is 0 Å². The van der Waals surface area contributed by atoms with E-state index in [9.17, 15) is 0 Å². The molecular weight excluding hydrogens is 432 g/mol. The van der Waals surface area contributed by atoms with E-state index < -0.39 is 0 Å². The Hall–Kier alpha value is -3.38. The van der Waals surface area contributed by atoms with Crippen LogP contribution >= 0.6 is 0 Å². The Labute approximate surface area is 211 Å². The predicted octanol–water partition coefficient (Wildman–Crippen LogP) is 7.68. The van der Waals surface area contributed by atoms with Crippen LogP contribution in [0.4, 0.5) is 0 Å². The molecule has 0 aliphatic carbocycles. The second kappa shape index (κ2) is 16.3. The van der Waals surface area contributed by atoms with Gasteiger partial charge >= 0.3 is 0 Å². The Kier molecular flexibility index (Phi) is 13.0. The number of hydrogen-bond donors (Lipinski definition) is 0. The third-order valence-electron chi connectivity index (χ3n) is 6.16. The average molecular weight is 473 g/mol. The average Bonchev–Trinajstić information content (AvgIpc) is 3.58. The van der Waals surface area contributed by atoms with Crippen LogP contribution in [0.2, 0.25) is 0 Å². The summed E-state index contributed by atoms with van der Waals surface area (Å²) in [7, 11) is 0. The van der Waals surface area contributed by atoms with E-state index in [1.54, 1.807) is 12.4 Å². The summed E-state index contributed by atoms with van der Waals surface area (Å²) in [6, 6.07) is 14.0. The smallest absolute Gasteiger partial charge is 0.141 e. The summed E-state index contributed by atoms with van der Waals surface area (Å²) in [6.45, 7) is 6.03. The minimum atomic E-state index is -0.192. The molecule has 2 atom stereocenters. The molecule has 1 aromatic carbocycles. The van der Waals surface area contributed by atoms with Gasteiger partial charge in [-0.1, -0.05) is 88.6 Å². The molecule has 2 heterocycles. The minimum Gasteiger partial charge on any atom is -0.319 e. The van der Waals surface area contributed by atoms with E-state index in [2.05, 4.69) is 29.0 Å². The Morgan fingerprint density at radius 1 is 0.743 bits per heavy atom. The zero-order chi connectivity index (χ0) is 25.3. The first-order valence-corrected chi connectivity index (χ1v) is 13.0. The minimum absolute atomic E-state index is 0.105. The zero-order valence-corrected chi connectivity index (χ0v) is 21.6. The van der Waals surface area contributed by atoms with Gasteiger partial charge in [0.25, 0.3) is 0 Å². The highest BCUT2D eigenvalue weighted by atomic mass is 15.1. The molecule has 3 aromatic rings. The topological polar surface area (TPSA) is 83.2 Å². The molecule has 2 aromatic heterocycles. The van der Waals surface area contributed by atoms with Crippen molar-refractivity contribution in [2.24, 2.45) is 0 Å². The number of nitrogens with zero attached hydrogens (tertiary/aromatic N) is 6. The van der Waals surface area contributed by atoms with Gasteiger partial charge in [-0.25, -0.2) is 9.97 Å². The van der Waals surface area contributed by atoms with Crippen LogP contribution in [0.3, 0.4) is 0 Å². The molecule has 3 rings (SSSR count). The number of hydrogen-bond acceptors (Lipinski definition) is 4. The molecule has 186 valence electrons. The highest BCUT2D eigenvalue weighted by molar-refractivity contribution is 5.55. The lowest BCUT2D eigenvalue weighted by Crippen LogP contribution is -2.06. The first-order valence-electron chi connectivity index (χ1n) is 13.0. The normalized spacial score (nSPS) is 12.1. The molecule has 6 nitrogen and oxygen atoms in total. The monoisotopic (exact) mass is 472 g/mol. The van der Waals surface area contributed by atoms with Gasteiger partial charge in [-0.05, 0) is 20.3 Å². The van der Waals surface area contributed by atoms with Crippen LogP contribution in [-0.4, -0.2) is 19.1 Å². The van der Waals surface area contributed by atoms with Crippen LogP contribution in [0.25, 0.3) is 11.4 Å². The van der Waals surface area contributed by atoms with Crippen molar-refractivity contribution >= 4 is 0 Å². The molecule has 6 heteroatoms. The van der Waals surface area contributed by atoms with E-state index in [-0.39, 0.29) is 12.1 Å². The van der Waals surface area contributed by atoms with Gasteiger partial charge in [0, 0.05) is 36.8 Å². The highest BCUT2D eigenvalue weighted by Gasteiger charge is 2.10. The maximum Gasteiger partial charge on any atom is 0.141 e. The molecule has 2 unspecified atom stereocenters. The van der Waals surface area contributed by atoms with Crippen LogP contribution in [0.15, 0.2) is 55.1 Å². The van der Waals surface area contributed by atoms with Gasteiger partial charge in [-0.3, -0.25) is 0 Å². The van der Waals surface area contributed by atoms with Crippen molar-refractivity contribution in [2.45, 2.75) is 97.1 Å². The molecule has 0 N–H and O–H groups in total. The van der Waals surface area contributed by atoms with Crippen molar-refractivity contribution in [2.75, 3.05) is 0 Å². The van der Waals surface area contributed by atoms with Crippen LogP contribution in [-0.2, 0) is 6.42 Å². The molecular formula is C29H40N6. The fraction of sp³-hybridized carbons (Fsp3) is 0.517. The Morgan fingerprint density at radius 2 is 1.29 bits per heavy atom. The summed E-state index contributed by atoms with van der Waals surface area (Å²) in [6.07, 6.45) is 20.3. The number of aromatic nitrogens is 4. The molecule has 0 amide bonds. The number of rotatable bonds is 13. The SMILES string of the molecule is CC(C#N)n1ccnc1-c1ccccc1.CCCCCCCCCCCc1nccn1C(C)C#N. The van der Waals surface area contributed by atoms with Gasteiger partial charge in [0.2, 0.25) is 0 Å². The first kappa shape index (κ1) is 27.9. The van der Waals surface area contributed by atoms with E-state index in [0.717, 1.165) is 23.6 Å². The fourth-order valence-corrected chi connectivity index (χ4v) is 4.04. The summed E-state index contributed by atoms with van der Waals surface area (Å²) in [5, 5.41) is 17.8. The van der Waals surface area contributed by atoms with E-state index in [1.807, 2.05) is 65.7 Å².